The Bertz CT molecular complexity index is 415. The summed E-state index contributed by atoms with van der Waals surface area (Å²) in [5.74, 6) is 0.582. The second kappa shape index (κ2) is 8.75. The number of aryl methyl sites for hydroxylation is 2. The van der Waals surface area contributed by atoms with Gasteiger partial charge < -0.3 is 10.6 Å². The summed E-state index contributed by atoms with van der Waals surface area (Å²) in [6.07, 6.45) is 2.09. The third kappa shape index (κ3) is 7.29. The molecule has 3 heteroatoms. The third-order valence-electron chi connectivity index (χ3n) is 3.27. The van der Waals surface area contributed by atoms with Crippen molar-refractivity contribution in [1.82, 2.24) is 10.6 Å². The molecule has 0 aliphatic rings. The van der Waals surface area contributed by atoms with Gasteiger partial charge >= 0.3 is 0 Å². The zero-order valence-electron chi connectivity index (χ0n) is 13.2. The average Bonchev–Trinajstić information content (AvgIpc) is 2.40. The summed E-state index contributed by atoms with van der Waals surface area (Å²) in [6.45, 7) is 9.59. The van der Waals surface area contributed by atoms with E-state index in [2.05, 4.69) is 62.6 Å². The molecule has 1 aromatic carbocycles. The standard InChI is InChI=1S/C17H28N2O/c1-13(2)11-19-17(20)12-18-15(4)8-9-16-7-5-6-14(3)10-16/h5-7,10,13,15,18H,8-9,11-12H2,1-4H3,(H,19,20). The van der Waals surface area contributed by atoms with Crippen LogP contribution in [0.1, 0.15) is 38.3 Å². The summed E-state index contributed by atoms with van der Waals surface area (Å²) in [5.41, 5.74) is 2.67. The minimum Gasteiger partial charge on any atom is -0.355 e. The van der Waals surface area contributed by atoms with E-state index in [0.29, 0.717) is 18.5 Å². The van der Waals surface area contributed by atoms with Crippen molar-refractivity contribution >= 4 is 5.91 Å². The van der Waals surface area contributed by atoms with Gasteiger partial charge in [0, 0.05) is 12.6 Å². The Hall–Kier alpha value is -1.35. The normalized spacial score (nSPS) is 12.4. The topological polar surface area (TPSA) is 41.1 Å². The highest BCUT2D eigenvalue weighted by atomic mass is 16.1. The molecule has 0 saturated heterocycles. The van der Waals surface area contributed by atoms with Crippen molar-refractivity contribution in [3.8, 4) is 0 Å². The molecule has 0 spiro atoms. The van der Waals surface area contributed by atoms with Crippen LogP contribution in [0, 0.1) is 12.8 Å². The fourth-order valence-corrected chi connectivity index (χ4v) is 2.00. The highest BCUT2D eigenvalue weighted by Gasteiger charge is 2.06. The highest BCUT2D eigenvalue weighted by Crippen LogP contribution is 2.07. The molecular formula is C17H28N2O. The second-order valence-electron chi connectivity index (χ2n) is 6.01. The summed E-state index contributed by atoms with van der Waals surface area (Å²) in [5, 5.41) is 6.20. The minimum atomic E-state index is 0.0844. The number of amides is 1. The number of carbonyl (C=O) groups is 1. The number of carbonyl (C=O) groups excluding carboxylic acids is 1. The van der Waals surface area contributed by atoms with Crippen LogP contribution in [0.4, 0.5) is 0 Å². The maximum atomic E-state index is 11.6. The predicted octanol–water partition coefficient (Wildman–Crippen LogP) is 2.68. The largest absolute Gasteiger partial charge is 0.355 e. The van der Waals surface area contributed by atoms with Crippen molar-refractivity contribution in [2.45, 2.75) is 46.6 Å². The first-order valence-electron chi connectivity index (χ1n) is 7.53. The lowest BCUT2D eigenvalue weighted by Gasteiger charge is -2.14. The first-order valence-corrected chi connectivity index (χ1v) is 7.53. The van der Waals surface area contributed by atoms with Gasteiger partial charge in [0.15, 0.2) is 0 Å². The van der Waals surface area contributed by atoms with E-state index in [9.17, 15) is 4.79 Å². The van der Waals surface area contributed by atoms with Crippen LogP contribution in [-0.2, 0) is 11.2 Å². The van der Waals surface area contributed by atoms with E-state index in [1.807, 2.05) is 0 Å². The molecule has 0 heterocycles. The lowest BCUT2D eigenvalue weighted by Crippen LogP contribution is -2.39. The number of benzene rings is 1. The first-order chi connectivity index (χ1) is 9.47. The van der Waals surface area contributed by atoms with Crippen LogP contribution in [0.2, 0.25) is 0 Å². The number of hydrogen-bond donors (Lipinski definition) is 2. The summed E-state index contributed by atoms with van der Waals surface area (Å²) in [7, 11) is 0. The Balaban J connectivity index is 2.20. The van der Waals surface area contributed by atoms with Crippen LogP contribution in [0.3, 0.4) is 0 Å². The molecule has 1 aromatic rings. The predicted molar refractivity (Wildman–Crippen MR) is 84.8 cm³/mol. The van der Waals surface area contributed by atoms with Crippen molar-refractivity contribution in [1.29, 1.82) is 0 Å². The average molecular weight is 276 g/mol. The second-order valence-corrected chi connectivity index (χ2v) is 6.01. The molecule has 0 aliphatic carbocycles. The van der Waals surface area contributed by atoms with Gasteiger partial charge in [-0.1, -0.05) is 43.7 Å². The summed E-state index contributed by atoms with van der Waals surface area (Å²) in [6, 6.07) is 8.95. The van der Waals surface area contributed by atoms with Gasteiger partial charge in [0.1, 0.15) is 0 Å². The molecule has 0 saturated carbocycles. The smallest absolute Gasteiger partial charge is 0.233 e. The Morgan fingerprint density at radius 3 is 2.65 bits per heavy atom. The molecule has 3 nitrogen and oxygen atoms in total. The lowest BCUT2D eigenvalue weighted by atomic mass is 10.0. The van der Waals surface area contributed by atoms with E-state index < -0.39 is 0 Å². The number of hydrogen-bond acceptors (Lipinski definition) is 2. The van der Waals surface area contributed by atoms with Crippen LogP contribution in [0.5, 0.6) is 0 Å². The fraction of sp³-hybridized carbons (Fsp3) is 0.588. The zero-order valence-corrected chi connectivity index (χ0v) is 13.2. The number of rotatable bonds is 8. The molecule has 20 heavy (non-hydrogen) atoms. The van der Waals surface area contributed by atoms with Gasteiger partial charge in [-0.15, -0.1) is 0 Å². The zero-order chi connectivity index (χ0) is 15.0. The molecule has 0 radical (unpaired) electrons. The van der Waals surface area contributed by atoms with Gasteiger partial charge in [-0.2, -0.15) is 0 Å². The van der Waals surface area contributed by atoms with Crippen LogP contribution >= 0.6 is 0 Å². The molecule has 0 bridgehead atoms. The third-order valence-corrected chi connectivity index (χ3v) is 3.27. The maximum Gasteiger partial charge on any atom is 0.233 e. The minimum absolute atomic E-state index is 0.0844. The van der Waals surface area contributed by atoms with Gasteiger partial charge in [-0.05, 0) is 38.2 Å². The van der Waals surface area contributed by atoms with Crippen molar-refractivity contribution in [3.05, 3.63) is 35.4 Å². The van der Waals surface area contributed by atoms with Crippen LogP contribution in [0.25, 0.3) is 0 Å². The van der Waals surface area contributed by atoms with E-state index in [-0.39, 0.29) is 5.91 Å². The molecule has 0 aromatic heterocycles. The van der Waals surface area contributed by atoms with Gasteiger partial charge in [0.05, 0.1) is 6.54 Å². The fourth-order valence-electron chi connectivity index (χ4n) is 2.00. The van der Waals surface area contributed by atoms with E-state index in [1.165, 1.54) is 11.1 Å². The maximum absolute atomic E-state index is 11.6. The molecule has 112 valence electrons. The Labute approximate surface area is 123 Å². The summed E-state index contributed by atoms with van der Waals surface area (Å²) >= 11 is 0. The molecule has 0 aliphatic heterocycles. The Kier molecular flexibility index (Phi) is 7.31. The highest BCUT2D eigenvalue weighted by molar-refractivity contribution is 5.77. The molecule has 1 rings (SSSR count). The molecule has 1 amide bonds. The Morgan fingerprint density at radius 2 is 2.00 bits per heavy atom. The quantitative estimate of drug-likeness (QED) is 0.766. The lowest BCUT2D eigenvalue weighted by molar-refractivity contribution is -0.120. The molecule has 1 atom stereocenters. The molecular weight excluding hydrogens is 248 g/mol. The summed E-state index contributed by atoms with van der Waals surface area (Å²) in [4.78, 5) is 11.6. The van der Waals surface area contributed by atoms with Crippen molar-refractivity contribution in [2.75, 3.05) is 13.1 Å². The van der Waals surface area contributed by atoms with Gasteiger partial charge in [-0.3, -0.25) is 4.79 Å². The van der Waals surface area contributed by atoms with Crippen LogP contribution < -0.4 is 10.6 Å². The summed E-state index contributed by atoms with van der Waals surface area (Å²) < 4.78 is 0. The van der Waals surface area contributed by atoms with Crippen LogP contribution in [-0.4, -0.2) is 25.0 Å². The molecule has 1 unspecified atom stereocenters. The molecule has 2 N–H and O–H groups in total. The van der Waals surface area contributed by atoms with Crippen molar-refractivity contribution < 1.29 is 4.79 Å². The first kappa shape index (κ1) is 16.7. The van der Waals surface area contributed by atoms with Gasteiger partial charge in [-0.25, -0.2) is 0 Å². The Morgan fingerprint density at radius 1 is 1.25 bits per heavy atom. The SMILES string of the molecule is Cc1cccc(CCC(C)NCC(=O)NCC(C)C)c1. The van der Waals surface area contributed by atoms with E-state index >= 15 is 0 Å². The van der Waals surface area contributed by atoms with Crippen LogP contribution in [0.15, 0.2) is 24.3 Å². The monoisotopic (exact) mass is 276 g/mol. The number of nitrogens with one attached hydrogen (secondary N) is 2. The van der Waals surface area contributed by atoms with E-state index in [4.69, 9.17) is 0 Å². The van der Waals surface area contributed by atoms with E-state index in [1.54, 1.807) is 0 Å². The van der Waals surface area contributed by atoms with Crippen molar-refractivity contribution in [3.63, 3.8) is 0 Å². The van der Waals surface area contributed by atoms with Crippen molar-refractivity contribution in [2.24, 2.45) is 5.92 Å². The van der Waals surface area contributed by atoms with E-state index in [0.717, 1.165) is 19.4 Å². The molecule has 0 fully saturated rings. The van der Waals surface area contributed by atoms with Gasteiger partial charge in [0.2, 0.25) is 5.91 Å². The van der Waals surface area contributed by atoms with Gasteiger partial charge in [0.25, 0.3) is 0 Å².